The molecule has 2 atom stereocenters. The van der Waals surface area contributed by atoms with Crippen LogP contribution in [0.3, 0.4) is 0 Å². The molecule has 2 aliphatic heterocycles. The molecule has 4 rings (SSSR count). The molecule has 2 aromatic heterocycles. The van der Waals surface area contributed by atoms with Crippen molar-refractivity contribution in [1.82, 2.24) is 20.0 Å². The SMILES string of the molecule is Cc1nnc2sc(C(=O)N3CC4CN(C(=O)C(C)C)CC4C3)c(N)c2c1C. The van der Waals surface area contributed by atoms with Crippen LogP contribution in [-0.4, -0.2) is 58.0 Å². The van der Waals surface area contributed by atoms with E-state index in [1.54, 1.807) is 0 Å². The zero-order chi connectivity index (χ0) is 19.5. The lowest BCUT2D eigenvalue weighted by Crippen LogP contribution is -2.37. The van der Waals surface area contributed by atoms with Gasteiger partial charge in [-0.2, -0.15) is 5.10 Å². The molecule has 144 valence electrons. The first-order valence-corrected chi connectivity index (χ1v) is 10.2. The van der Waals surface area contributed by atoms with Crippen molar-refractivity contribution in [3.8, 4) is 0 Å². The largest absolute Gasteiger partial charge is 0.397 e. The number of nitrogen functional groups attached to an aromatic ring is 1. The topological polar surface area (TPSA) is 92.4 Å². The van der Waals surface area contributed by atoms with E-state index in [4.69, 9.17) is 5.73 Å². The number of hydrogen-bond donors (Lipinski definition) is 1. The first-order valence-electron chi connectivity index (χ1n) is 9.37. The second-order valence-electron chi connectivity index (χ2n) is 8.06. The number of likely N-dealkylation sites (tertiary alicyclic amines) is 2. The van der Waals surface area contributed by atoms with E-state index in [-0.39, 0.29) is 17.7 Å². The van der Waals surface area contributed by atoms with Crippen LogP contribution in [0.5, 0.6) is 0 Å². The fourth-order valence-electron chi connectivity index (χ4n) is 4.25. The van der Waals surface area contributed by atoms with E-state index in [2.05, 4.69) is 10.2 Å². The molecule has 2 amide bonds. The monoisotopic (exact) mass is 387 g/mol. The van der Waals surface area contributed by atoms with Gasteiger partial charge in [-0.25, -0.2) is 0 Å². The maximum Gasteiger partial charge on any atom is 0.266 e. The van der Waals surface area contributed by atoms with Crippen molar-refractivity contribution in [3.63, 3.8) is 0 Å². The highest BCUT2D eigenvalue weighted by Gasteiger charge is 2.43. The molecule has 2 aromatic rings. The number of aryl methyl sites for hydroxylation is 2. The molecule has 0 aliphatic carbocycles. The second kappa shape index (κ2) is 6.44. The Morgan fingerprint density at radius 1 is 1.07 bits per heavy atom. The average molecular weight is 388 g/mol. The van der Waals surface area contributed by atoms with E-state index in [1.165, 1.54) is 11.3 Å². The molecule has 2 N–H and O–H groups in total. The van der Waals surface area contributed by atoms with E-state index in [0.29, 0.717) is 40.3 Å². The van der Waals surface area contributed by atoms with Crippen molar-refractivity contribution in [3.05, 3.63) is 16.1 Å². The summed E-state index contributed by atoms with van der Waals surface area (Å²) in [7, 11) is 0. The standard InChI is InChI=1S/C19H25N5O2S/c1-9(2)18(25)23-5-12-7-24(8-13(12)6-23)19(26)16-15(20)14-10(3)11(4)21-22-17(14)27-16/h9,12-13H,5-8,20H2,1-4H3. The Kier molecular flexibility index (Phi) is 4.33. The summed E-state index contributed by atoms with van der Waals surface area (Å²) in [5.41, 5.74) is 8.66. The maximum absolute atomic E-state index is 13.1. The van der Waals surface area contributed by atoms with E-state index in [9.17, 15) is 9.59 Å². The van der Waals surface area contributed by atoms with Crippen LogP contribution in [-0.2, 0) is 4.79 Å². The summed E-state index contributed by atoms with van der Waals surface area (Å²) in [5.74, 6) is 0.920. The third kappa shape index (κ3) is 2.86. The molecular weight excluding hydrogens is 362 g/mol. The Morgan fingerprint density at radius 3 is 2.26 bits per heavy atom. The van der Waals surface area contributed by atoms with Crippen LogP contribution < -0.4 is 5.73 Å². The van der Waals surface area contributed by atoms with Gasteiger partial charge < -0.3 is 15.5 Å². The number of carbonyl (C=O) groups excluding carboxylic acids is 2. The Morgan fingerprint density at radius 2 is 1.67 bits per heavy atom. The average Bonchev–Trinajstić information content (AvgIpc) is 3.28. The molecule has 0 radical (unpaired) electrons. The fraction of sp³-hybridized carbons (Fsp3) is 0.579. The molecule has 0 spiro atoms. The van der Waals surface area contributed by atoms with Crippen LogP contribution in [0, 0.1) is 31.6 Å². The zero-order valence-electron chi connectivity index (χ0n) is 16.2. The number of carbonyl (C=O) groups is 2. The van der Waals surface area contributed by atoms with Gasteiger partial charge in [0.1, 0.15) is 9.71 Å². The number of aromatic nitrogens is 2. The quantitative estimate of drug-likeness (QED) is 0.852. The first kappa shape index (κ1) is 18.2. The Balaban J connectivity index is 1.53. The van der Waals surface area contributed by atoms with Gasteiger partial charge in [-0.05, 0) is 19.4 Å². The number of rotatable bonds is 2. The third-order valence-electron chi connectivity index (χ3n) is 5.91. The molecule has 27 heavy (non-hydrogen) atoms. The highest BCUT2D eigenvalue weighted by Crippen LogP contribution is 2.38. The van der Waals surface area contributed by atoms with Crippen molar-refractivity contribution >= 4 is 39.1 Å². The number of amides is 2. The van der Waals surface area contributed by atoms with Crippen molar-refractivity contribution in [1.29, 1.82) is 0 Å². The number of hydrogen-bond acceptors (Lipinski definition) is 6. The molecule has 2 aliphatic rings. The van der Waals surface area contributed by atoms with E-state index >= 15 is 0 Å². The van der Waals surface area contributed by atoms with Crippen molar-refractivity contribution in [2.24, 2.45) is 17.8 Å². The maximum atomic E-state index is 13.1. The molecule has 2 fully saturated rings. The molecule has 2 unspecified atom stereocenters. The highest BCUT2D eigenvalue weighted by atomic mass is 32.1. The molecule has 8 heteroatoms. The summed E-state index contributed by atoms with van der Waals surface area (Å²) in [6.45, 7) is 10.6. The van der Waals surface area contributed by atoms with Gasteiger partial charge in [-0.3, -0.25) is 9.59 Å². The summed E-state index contributed by atoms with van der Waals surface area (Å²) in [4.78, 5) is 30.5. The molecular formula is C19H25N5O2S. The summed E-state index contributed by atoms with van der Waals surface area (Å²) >= 11 is 1.32. The molecule has 0 bridgehead atoms. The smallest absolute Gasteiger partial charge is 0.266 e. The molecule has 0 saturated carbocycles. The Labute approximate surface area is 162 Å². The first-order chi connectivity index (χ1) is 12.8. The van der Waals surface area contributed by atoms with Gasteiger partial charge in [-0.1, -0.05) is 13.8 Å². The normalized spacial score (nSPS) is 22.1. The van der Waals surface area contributed by atoms with Crippen molar-refractivity contribution in [2.45, 2.75) is 27.7 Å². The number of nitrogens with zero attached hydrogens (tertiary/aromatic N) is 4. The Hall–Kier alpha value is -2.22. The number of anilines is 1. The summed E-state index contributed by atoms with van der Waals surface area (Å²) in [5, 5.41) is 9.21. The number of fused-ring (bicyclic) bond motifs is 2. The lowest BCUT2D eigenvalue weighted by Gasteiger charge is -2.23. The molecule has 7 nitrogen and oxygen atoms in total. The predicted molar refractivity (Wildman–Crippen MR) is 106 cm³/mol. The lowest BCUT2D eigenvalue weighted by molar-refractivity contribution is -0.133. The third-order valence-corrected chi connectivity index (χ3v) is 6.99. The van der Waals surface area contributed by atoms with E-state index in [1.807, 2.05) is 37.5 Å². The van der Waals surface area contributed by atoms with Crippen LogP contribution in [0.25, 0.3) is 10.2 Å². The van der Waals surface area contributed by atoms with E-state index in [0.717, 1.165) is 29.7 Å². The van der Waals surface area contributed by atoms with Gasteiger partial charge in [0.15, 0.2) is 0 Å². The minimum Gasteiger partial charge on any atom is -0.397 e. The minimum absolute atomic E-state index is 0.0210. The molecule has 0 aromatic carbocycles. The van der Waals surface area contributed by atoms with Crippen LogP contribution in [0.2, 0.25) is 0 Å². The fourth-order valence-corrected chi connectivity index (χ4v) is 5.32. The van der Waals surface area contributed by atoms with Crippen LogP contribution >= 0.6 is 11.3 Å². The zero-order valence-corrected chi connectivity index (χ0v) is 17.0. The highest BCUT2D eigenvalue weighted by molar-refractivity contribution is 7.21. The Bertz CT molecular complexity index is 924. The number of thiophene rings is 1. The van der Waals surface area contributed by atoms with Crippen molar-refractivity contribution in [2.75, 3.05) is 31.9 Å². The van der Waals surface area contributed by atoms with Gasteiger partial charge in [-0.15, -0.1) is 16.4 Å². The minimum atomic E-state index is -0.0244. The van der Waals surface area contributed by atoms with Gasteiger partial charge in [0.25, 0.3) is 5.91 Å². The molecule has 4 heterocycles. The summed E-state index contributed by atoms with van der Waals surface area (Å²) < 4.78 is 0. The molecule has 2 saturated heterocycles. The van der Waals surface area contributed by atoms with Crippen molar-refractivity contribution < 1.29 is 9.59 Å². The predicted octanol–water partition coefficient (Wildman–Crippen LogP) is 2.08. The van der Waals surface area contributed by atoms with Gasteiger partial charge >= 0.3 is 0 Å². The summed E-state index contributed by atoms with van der Waals surface area (Å²) in [6.07, 6.45) is 0. The van der Waals surface area contributed by atoms with E-state index < -0.39 is 0 Å². The summed E-state index contributed by atoms with van der Waals surface area (Å²) in [6, 6.07) is 0. The van der Waals surface area contributed by atoms with Crippen LogP contribution in [0.15, 0.2) is 0 Å². The second-order valence-corrected chi connectivity index (χ2v) is 9.06. The van der Waals surface area contributed by atoms with Crippen LogP contribution in [0.4, 0.5) is 5.69 Å². The van der Waals surface area contributed by atoms with Gasteiger partial charge in [0, 0.05) is 49.3 Å². The van der Waals surface area contributed by atoms with Gasteiger partial charge in [0.05, 0.1) is 11.4 Å². The number of nitrogens with two attached hydrogens (primary N) is 1. The lowest BCUT2D eigenvalue weighted by atomic mass is 10.0. The van der Waals surface area contributed by atoms with Gasteiger partial charge in [0.2, 0.25) is 5.91 Å². The van der Waals surface area contributed by atoms with Crippen LogP contribution in [0.1, 0.15) is 34.8 Å².